The number of amides is 1. The lowest BCUT2D eigenvalue weighted by Gasteiger charge is -2.49. The number of carbonyl (C=O) groups is 1. The molecule has 28 heavy (non-hydrogen) atoms. The number of anilines is 1. The zero-order valence-electron chi connectivity index (χ0n) is 15.8. The number of nitrogen functional groups attached to an aromatic ring is 1. The molecule has 3 rings (SSSR count). The van der Waals surface area contributed by atoms with E-state index in [1.807, 2.05) is 0 Å². The predicted octanol–water partition coefficient (Wildman–Crippen LogP) is 1.51. The number of halogens is 1. The number of nitrogens with zero attached hydrogens (tertiary/aromatic N) is 2. The lowest BCUT2D eigenvalue weighted by atomic mass is 9.89. The van der Waals surface area contributed by atoms with E-state index in [0.29, 0.717) is 50.0 Å². The van der Waals surface area contributed by atoms with Gasteiger partial charge in [-0.05, 0) is 37.8 Å². The number of sulfonamides is 1. The summed E-state index contributed by atoms with van der Waals surface area (Å²) in [6, 6.07) is 4.52. The molecule has 0 aromatic heterocycles. The quantitative estimate of drug-likeness (QED) is 0.721. The van der Waals surface area contributed by atoms with Crippen LogP contribution in [0.3, 0.4) is 0 Å². The van der Waals surface area contributed by atoms with Crippen LogP contribution in [0, 0.1) is 5.82 Å². The third kappa shape index (κ3) is 4.56. The Hall–Kier alpha value is -1.91. The molecule has 1 aromatic carbocycles. The maximum atomic E-state index is 14.0. The van der Waals surface area contributed by atoms with Crippen molar-refractivity contribution in [3.05, 3.63) is 29.6 Å². The number of benzene rings is 1. The van der Waals surface area contributed by atoms with Gasteiger partial charge in [-0.25, -0.2) is 21.9 Å². The van der Waals surface area contributed by atoms with E-state index >= 15 is 0 Å². The van der Waals surface area contributed by atoms with Crippen molar-refractivity contribution in [3.63, 3.8) is 0 Å². The molecule has 1 unspecified atom stereocenters. The fourth-order valence-electron chi connectivity index (χ4n) is 4.03. The van der Waals surface area contributed by atoms with Crippen molar-refractivity contribution in [1.82, 2.24) is 9.21 Å². The van der Waals surface area contributed by atoms with Crippen molar-refractivity contribution < 1.29 is 27.4 Å². The van der Waals surface area contributed by atoms with Crippen LogP contribution in [0.2, 0.25) is 0 Å². The highest BCUT2D eigenvalue weighted by molar-refractivity contribution is 7.88. The van der Waals surface area contributed by atoms with Crippen LogP contribution in [0.25, 0.3) is 0 Å². The molecule has 1 aromatic rings. The second kappa shape index (κ2) is 7.84. The van der Waals surface area contributed by atoms with Crippen molar-refractivity contribution in [1.29, 1.82) is 0 Å². The first-order valence-electron chi connectivity index (χ1n) is 9.23. The topological polar surface area (TPSA) is 113 Å². The first kappa shape index (κ1) is 20.8. The summed E-state index contributed by atoms with van der Waals surface area (Å²) < 4.78 is 45.2. The second-order valence-corrected chi connectivity index (χ2v) is 9.58. The molecule has 156 valence electrons. The number of hydrogen-bond acceptors (Lipinski definition) is 5. The van der Waals surface area contributed by atoms with E-state index in [1.54, 1.807) is 12.1 Å². The summed E-state index contributed by atoms with van der Waals surface area (Å²) in [5.74, 6) is -0.387. The van der Waals surface area contributed by atoms with E-state index in [0.717, 1.165) is 6.26 Å². The maximum Gasteiger partial charge on any atom is 0.407 e. The summed E-state index contributed by atoms with van der Waals surface area (Å²) in [5.41, 5.74) is 5.90. The Morgan fingerprint density at radius 1 is 1.39 bits per heavy atom. The van der Waals surface area contributed by atoms with E-state index in [1.165, 1.54) is 15.3 Å². The molecular weight excluding hydrogens is 389 g/mol. The molecule has 0 radical (unpaired) electrons. The predicted molar refractivity (Wildman–Crippen MR) is 102 cm³/mol. The van der Waals surface area contributed by atoms with Crippen LogP contribution < -0.4 is 5.73 Å². The lowest BCUT2D eigenvalue weighted by molar-refractivity contribution is -0.166. The number of nitrogens with two attached hydrogens (primary N) is 1. The minimum Gasteiger partial charge on any atom is -0.465 e. The van der Waals surface area contributed by atoms with E-state index in [4.69, 9.17) is 10.5 Å². The number of piperidine rings is 1. The molecule has 10 heteroatoms. The largest absolute Gasteiger partial charge is 0.465 e. The number of carboxylic acid groups (broad SMARTS) is 1. The van der Waals surface area contributed by atoms with Crippen molar-refractivity contribution in [2.45, 2.75) is 37.4 Å². The van der Waals surface area contributed by atoms with Gasteiger partial charge in [-0.3, -0.25) is 0 Å². The smallest absolute Gasteiger partial charge is 0.407 e. The summed E-state index contributed by atoms with van der Waals surface area (Å²) >= 11 is 0. The molecule has 2 saturated heterocycles. The van der Waals surface area contributed by atoms with E-state index in [2.05, 4.69) is 0 Å². The van der Waals surface area contributed by atoms with Crippen LogP contribution in [-0.4, -0.2) is 73.0 Å². The summed E-state index contributed by atoms with van der Waals surface area (Å²) in [5, 5.41) is 9.51. The standard InChI is InChI=1S/C18H26FN3O5S/c1-28(25,26)22-9-7-18(8-10-22)12-21(17(23)24)11-13(27-18)5-6-14-15(19)3-2-4-16(14)20/h2-4,13H,5-12,20H2,1H3,(H,23,24). The Labute approximate surface area is 164 Å². The van der Waals surface area contributed by atoms with Crippen molar-refractivity contribution in [3.8, 4) is 0 Å². The molecule has 0 aliphatic carbocycles. The Kier molecular flexibility index (Phi) is 5.83. The SMILES string of the molecule is CS(=O)(=O)N1CCC2(CC1)CN(C(=O)O)CC(CCc1c(N)cccc1F)O2. The van der Waals surface area contributed by atoms with E-state index < -0.39 is 27.8 Å². The van der Waals surface area contributed by atoms with Crippen LogP contribution in [-0.2, 0) is 21.2 Å². The Balaban J connectivity index is 1.71. The molecule has 2 heterocycles. The summed E-state index contributed by atoms with van der Waals surface area (Å²) in [6.45, 7) is 0.984. The van der Waals surface area contributed by atoms with Gasteiger partial charge >= 0.3 is 6.09 Å². The number of morpholine rings is 1. The molecule has 1 spiro atoms. The molecule has 2 aliphatic heterocycles. The summed E-state index contributed by atoms with van der Waals surface area (Å²) in [7, 11) is -3.29. The third-order valence-corrected chi connectivity index (χ3v) is 6.87. The van der Waals surface area contributed by atoms with Gasteiger partial charge in [0.1, 0.15) is 5.82 Å². The zero-order valence-corrected chi connectivity index (χ0v) is 16.6. The van der Waals surface area contributed by atoms with Crippen LogP contribution in [0.15, 0.2) is 18.2 Å². The Morgan fingerprint density at radius 2 is 2.07 bits per heavy atom. The highest BCUT2D eigenvalue weighted by atomic mass is 32.2. The first-order chi connectivity index (χ1) is 13.1. The third-order valence-electron chi connectivity index (χ3n) is 5.56. The Morgan fingerprint density at radius 3 is 2.64 bits per heavy atom. The monoisotopic (exact) mass is 415 g/mol. The molecule has 0 bridgehead atoms. The minimum absolute atomic E-state index is 0.196. The van der Waals surface area contributed by atoms with Gasteiger partial charge in [0.15, 0.2) is 0 Å². The number of rotatable bonds is 4. The van der Waals surface area contributed by atoms with Crippen molar-refractivity contribution >= 4 is 21.8 Å². The van der Waals surface area contributed by atoms with Gasteiger partial charge in [-0.1, -0.05) is 6.07 Å². The first-order valence-corrected chi connectivity index (χ1v) is 11.1. The van der Waals surface area contributed by atoms with Gasteiger partial charge in [0.05, 0.1) is 31.1 Å². The molecule has 3 N–H and O–H groups in total. The normalized spacial score (nSPS) is 23.1. The molecule has 0 saturated carbocycles. The van der Waals surface area contributed by atoms with Crippen molar-refractivity contribution in [2.75, 3.05) is 38.2 Å². The fraction of sp³-hybridized carbons (Fsp3) is 0.611. The number of ether oxygens (including phenoxy) is 1. The summed E-state index contributed by atoms with van der Waals surface area (Å²) in [6.07, 6.45) is 1.31. The van der Waals surface area contributed by atoms with Gasteiger partial charge in [-0.2, -0.15) is 0 Å². The molecule has 8 nitrogen and oxygen atoms in total. The Bertz CT molecular complexity index is 819. The fourth-order valence-corrected chi connectivity index (χ4v) is 4.87. The molecule has 1 amide bonds. The molecule has 1 atom stereocenters. The van der Waals surface area contributed by atoms with Crippen LogP contribution in [0.1, 0.15) is 24.8 Å². The second-order valence-electron chi connectivity index (χ2n) is 7.59. The van der Waals surface area contributed by atoms with Gasteiger partial charge in [0, 0.05) is 24.3 Å². The maximum absolute atomic E-state index is 14.0. The minimum atomic E-state index is -3.29. The van der Waals surface area contributed by atoms with E-state index in [-0.39, 0.29) is 18.9 Å². The van der Waals surface area contributed by atoms with E-state index in [9.17, 15) is 22.7 Å². The lowest BCUT2D eigenvalue weighted by Crippen LogP contribution is -2.61. The average Bonchev–Trinajstić information content (AvgIpc) is 2.60. The van der Waals surface area contributed by atoms with Gasteiger partial charge in [0.2, 0.25) is 10.0 Å². The molecule has 2 aliphatic rings. The number of hydrogen-bond donors (Lipinski definition) is 2. The highest BCUT2D eigenvalue weighted by Gasteiger charge is 2.45. The van der Waals surface area contributed by atoms with Crippen LogP contribution in [0.5, 0.6) is 0 Å². The van der Waals surface area contributed by atoms with Crippen molar-refractivity contribution in [2.24, 2.45) is 0 Å². The molecule has 2 fully saturated rings. The van der Waals surface area contributed by atoms with Crippen LogP contribution in [0.4, 0.5) is 14.9 Å². The zero-order chi connectivity index (χ0) is 20.5. The van der Waals surface area contributed by atoms with Crippen LogP contribution >= 0.6 is 0 Å². The molecular formula is C18H26FN3O5S. The van der Waals surface area contributed by atoms with Gasteiger partial charge in [0.25, 0.3) is 0 Å². The average molecular weight is 415 g/mol. The highest BCUT2D eigenvalue weighted by Crippen LogP contribution is 2.34. The van der Waals surface area contributed by atoms with Gasteiger partial charge in [-0.15, -0.1) is 0 Å². The van der Waals surface area contributed by atoms with Gasteiger partial charge < -0.3 is 20.5 Å². The summed E-state index contributed by atoms with van der Waals surface area (Å²) in [4.78, 5) is 12.9.